The minimum Gasteiger partial charge on any atom is -0.461 e. The van der Waals surface area contributed by atoms with Crippen LogP contribution in [0.4, 0.5) is 0 Å². The monoisotopic (exact) mass is 256 g/mol. The van der Waals surface area contributed by atoms with E-state index in [1.165, 1.54) is 11.3 Å². The van der Waals surface area contributed by atoms with Crippen molar-refractivity contribution in [2.24, 2.45) is 11.7 Å². The van der Waals surface area contributed by atoms with Crippen molar-refractivity contribution in [2.75, 3.05) is 6.61 Å². The van der Waals surface area contributed by atoms with Gasteiger partial charge in [-0.05, 0) is 19.3 Å². The molecule has 2 atom stereocenters. The fraction of sp³-hybridized carbons (Fsp3) is 0.667. The van der Waals surface area contributed by atoms with Gasteiger partial charge in [-0.1, -0.05) is 20.3 Å². The molecule has 0 aliphatic rings. The van der Waals surface area contributed by atoms with Crippen molar-refractivity contribution in [3.05, 3.63) is 16.1 Å². The molecule has 1 aromatic heterocycles. The standard InChI is InChI=1S/C12H20N2O2S/c1-4-5-8(2)6-16-12(15)10-7-17-11(14-10)9(3)13/h7-9H,4-6,13H2,1-3H3. The molecule has 0 saturated carbocycles. The van der Waals surface area contributed by atoms with Crippen molar-refractivity contribution < 1.29 is 9.53 Å². The Hall–Kier alpha value is -0.940. The first-order chi connectivity index (χ1) is 8.04. The quantitative estimate of drug-likeness (QED) is 0.795. The van der Waals surface area contributed by atoms with Crippen LogP contribution in [0, 0.1) is 5.92 Å². The van der Waals surface area contributed by atoms with Gasteiger partial charge in [-0.25, -0.2) is 9.78 Å². The SMILES string of the molecule is CCCC(C)COC(=O)c1csc(C(C)N)n1. The number of hydrogen-bond acceptors (Lipinski definition) is 5. The van der Waals surface area contributed by atoms with Gasteiger partial charge < -0.3 is 10.5 Å². The Labute approximate surface area is 106 Å². The lowest BCUT2D eigenvalue weighted by molar-refractivity contribution is 0.0437. The maximum absolute atomic E-state index is 11.7. The number of nitrogens with zero attached hydrogens (tertiary/aromatic N) is 1. The van der Waals surface area contributed by atoms with Gasteiger partial charge in [0.2, 0.25) is 0 Å². The summed E-state index contributed by atoms with van der Waals surface area (Å²) in [5.74, 6) is 0.0478. The van der Waals surface area contributed by atoms with Gasteiger partial charge in [0.25, 0.3) is 0 Å². The van der Waals surface area contributed by atoms with E-state index < -0.39 is 0 Å². The minimum absolute atomic E-state index is 0.138. The Balaban J connectivity index is 2.46. The number of aromatic nitrogens is 1. The average molecular weight is 256 g/mol. The second kappa shape index (κ2) is 6.71. The van der Waals surface area contributed by atoms with Crippen LogP contribution in [0.2, 0.25) is 0 Å². The normalized spacial score (nSPS) is 14.4. The van der Waals surface area contributed by atoms with Crippen LogP contribution in [0.5, 0.6) is 0 Å². The first-order valence-electron chi connectivity index (χ1n) is 5.92. The Morgan fingerprint density at radius 2 is 2.29 bits per heavy atom. The number of hydrogen-bond donors (Lipinski definition) is 1. The van der Waals surface area contributed by atoms with Gasteiger partial charge in [-0.15, -0.1) is 11.3 Å². The van der Waals surface area contributed by atoms with E-state index in [0.29, 0.717) is 18.2 Å². The summed E-state index contributed by atoms with van der Waals surface area (Å²) in [4.78, 5) is 15.8. The molecule has 5 heteroatoms. The molecule has 0 aliphatic heterocycles. The fourth-order valence-corrected chi connectivity index (χ4v) is 2.21. The molecule has 17 heavy (non-hydrogen) atoms. The van der Waals surface area contributed by atoms with Gasteiger partial charge in [-0.3, -0.25) is 0 Å². The number of carbonyl (C=O) groups is 1. The van der Waals surface area contributed by atoms with Crippen LogP contribution in [0.3, 0.4) is 0 Å². The lowest BCUT2D eigenvalue weighted by atomic mass is 10.1. The van der Waals surface area contributed by atoms with E-state index in [0.717, 1.165) is 17.8 Å². The molecule has 4 nitrogen and oxygen atoms in total. The van der Waals surface area contributed by atoms with E-state index in [1.807, 2.05) is 6.92 Å². The van der Waals surface area contributed by atoms with Crippen LogP contribution in [-0.4, -0.2) is 17.6 Å². The lowest BCUT2D eigenvalue weighted by Crippen LogP contribution is -2.13. The third-order valence-corrected chi connectivity index (χ3v) is 3.45. The van der Waals surface area contributed by atoms with Crippen molar-refractivity contribution in [3.8, 4) is 0 Å². The van der Waals surface area contributed by atoms with Crippen LogP contribution >= 0.6 is 11.3 Å². The van der Waals surface area contributed by atoms with Gasteiger partial charge in [-0.2, -0.15) is 0 Å². The van der Waals surface area contributed by atoms with Crippen LogP contribution in [0.25, 0.3) is 0 Å². The molecule has 0 radical (unpaired) electrons. The van der Waals surface area contributed by atoms with Crippen LogP contribution < -0.4 is 5.73 Å². The van der Waals surface area contributed by atoms with E-state index in [4.69, 9.17) is 10.5 Å². The molecule has 0 aromatic carbocycles. The zero-order valence-electron chi connectivity index (χ0n) is 10.6. The molecule has 0 spiro atoms. The van der Waals surface area contributed by atoms with Crippen molar-refractivity contribution in [3.63, 3.8) is 0 Å². The van der Waals surface area contributed by atoms with E-state index in [9.17, 15) is 4.79 Å². The Bertz CT molecular complexity index is 363. The molecule has 0 amide bonds. The molecule has 0 fully saturated rings. The second-order valence-electron chi connectivity index (χ2n) is 4.35. The zero-order valence-corrected chi connectivity index (χ0v) is 11.4. The summed E-state index contributed by atoms with van der Waals surface area (Å²) in [7, 11) is 0. The number of nitrogens with two attached hydrogens (primary N) is 1. The highest BCUT2D eigenvalue weighted by atomic mass is 32.1. The Kier molecular flexibility index (Phi) is 5.58. The first-order valence-corrected chi connectivity index (χ1v) is 6.80. The van der Waals surface area contributed by atoms with Crippen LogP contribution in [0.15, 0.2) is 5.38 Å². The highest BCUT2D eigenvalue weighted by Crippen LogP contribution is 2.16. The first kappa shape index (κ1) is 14.1. The maximum atomic E-state index is 11.7. The smallest absolute Gasteiger partial charge is 0.357 e. The van der Waals surface area contributed by atoms with Crippen molar-refractivity contribution in [1.82, 2.24) is 4.98 Å². The molecule has 1 rings (SSSR count). The molecule has 96 valence electrons. The lowest BCUT2D eigenvalue weighted by Gasteiger charge is -2.09. The van der Waals surface area contributed by atoms with Crippen molar-refractivity contribution in [2.45, 2.75) is 39.7 Å². The molecule has 0 saturated heterocycles. The molecular formula is C12H20N2O2S. The van der Waals surface area contributed by atoms with E-state index in [2.05, 4.69) is 18.8 Å². The van der Waals surface area contributed by atoms with E-state index >= 15 is 0 Å². The topological polar surface area (TPSA) is 65.2 Å². The largest absolute Gasteiger partial charge is 0.461 e. The summed E-state index contributed by atoms with van der Waals surface area (Å²) in [6, 6.07) is -0.138. The number of esters is 1. The molecule has 2 unspecified atom stereocenters. The van der Waals surface area contributed by atoms with Crippen LogP contribution in [-0.2, 0) is 4.74 Å². The predicted octanol–water partition coefficient (Wildman–Crippen LogP) is 2.76. The van der Waals surface area contributed by atoms with E-state index in [-0.39, 0.29) is 12.0 Å². The van der Waals surface area contributed by atoms with Gasteiger partial charge in [0.05, 0.1) is 12.6 Å². The van der Waals surface area contributed by atoms with Gasteiger partial charge >= 0.3 is 5.97 Å². The van der Waals surface area contributed by atoms with Crippen molar-refractivity contribution >= 4 is 17.3 Å². The third kappa shape index (κ3) is 4.44. The number of rotatable bonds is 6. The summed E-state index contributed by atoms with van der Waals surface area (Å²) in [5.41, 5.74) is 6.05. The average Bonchev–Trinajstić information content (AvgIpc) is 2.75. The van der Waals surface area contributed by atoms with Gasteiger partial charge in [0.15, 0.2) is 5.69 Å². The van der Waals surface area contributed by atoms with Gasteiger partial charge in [0.1, 0.15) is 5.01 Å². The number of ether oxygens (including phenoxy) is 1. The summed E-state index contributed by atoms with van der Waals surface area (Å²) in [5, 5.41) is 2.46. The Morgan fingerprint density at radius 1 is 1.59 bits per heavy atom. The molecule has 0 aliphatic carbocycles. The second-order valence-corrected chi connectivity index (χ2v) is 5.24. The minimum atomic E-state index is -0.351. The van der Waals surface area contributed by atoms with Gasteiger partial charge in [0, 0.05) is 5.38 Å². The molecule has 2 N–H and O–H groups in total. The summed E-state index contributed by atoms with van der Waals surface area (Å²) >= 11 is 1.39. The zero-order chi connectivity index (χ0) is 12.8. The fourth-order valence-electron chi connectivity index (χ4n) is 1.46. The molecular weight excluding hydrogens is 236 g/mol. The third-order valence-electron chi connectivity index (χ3n) is 2.40. The predicted molar refractivity (Wildman–Crippen MR) is 69.1 cm³/mol. The number of carbonyl (C=O) groups excluding carboxylic acids is 1. The molecule has 1 aromatic rings. The summed E-state index contributed by atoms with van der Waals surface area (Å²) < 4.78 is 5.20. The van der Waals surface area contributed by atoms with E-state index in [1.54, 1.807) is 5.38 Å². The maximum Gasteiger partial charge on any atom is 0.357 e. The number of thiazole rings is 1. The summed E-state index contributed by atoms with van der Waals surface area (Å²) in [6.45, 7) is 6.49. The van der Waals surface area contributed by atoms with Crippen molar-refractivity contribution in [1.29, 1.82) is 0 Å². The highest BCUT2D eigenvalue weighted by molar-refractivity contribution is 7.09. The van der Waals surface area contributed by atoms with Crippen LogP contribution in [0.1, 0.15) is 55.2 Å². The summed E-state index contributed by atoms with van der Waals surface area (Å²) in [6.07, 6.45) is 2.17. The highest BCUT2D eigenvalue weighted by Gasteiger charge is 2.14. The Morgan fingerprint density at radius 3 is 2.82 bits per heavy atom. The molecule has 1 heterocycles. The molecule has 0 bridgehead atoms.